The molecule has 4 atom stereocenters. The molecule has 3 aromatic rings. The van der Waals surface area contributed by atoms with Crippen molar-refractivity contribution in [1.29, 1.82) is 0 Å². The summed E-state index contributed by atoms with van der Waals surface area (Å²) in [6.07, 6.45) is 7.85. The van der Waals surface area contributed by atoms with Gasteiger partial charge in [0.05, 0.1) is 11.8 Å². The van der Waals surface area contributed by atoms with Crippen molar-refractivity contribution in [2.75, 3.05) is 31.2 Å². The molecular weight excluding hydrogens is 460 g/mol. The lowest BCUT2D eigenvalue weighted by Crippen LogP contribution is -2.55. The van der Waals surface area contributed by atoms with E-state index in [1.807, 2.05) is 25.1 Å². The van der Waals surface area contributed by atoms with Gasteiger partial charge in [0.1, 0.15) is 11.6 Å². The topological polar surface area (TPSA) is 144 Å². The van der Waals surface area contributed by atoms with Gasteiger partial charge in [-0.05, 0) is 60.7 Å². The van der Waals surface area contributed by atoms with Gasteiger partial charge in [0.25, 0.3) is 6.47 Å². The number of carboxylic acid groups (broad SMARTS) is 1. The number of carbonyl (C=O) groups excluding carboxylic acids is 1. The van der Waals surface area contributed by atoms with Gasteiger partial charge < -0.3 is 20.9 Å². The van der Waals surface area contributed by atoms with Crippen LogP contribution in [0.1, 0.15) is 18.4 Å². The van der Waals surface area contributed by atoms with Crippen LogP contribution in [0.5, 0.6) is 0 Å². The van der Waals surface area contributed by atoms with E-state index >= 15 is 0 Å². The smallest absolute Gasteiger partial charge is 0.290 e. The summed E-state index contributed by atoms with van der Waals surface area (Å²) in [7, 11) is 1.78. The number of rotatable bonds is 5. The van der Waals surface area contributed by atoms with Gasteiger partial charge in [-0.15, -0.1) is 0 Å². The first kappa shape index (κ1) is 24.1. The maximum Gasteiger partial charge on any atom is 0.290 e. The van der Waals surface area contributed by atoms with Gasteiger partial charge in [-0.3, -0.25) is 19.5 Å². The van der Waals surface area contributed by atoms with Crippen molar-refractivity contribution in [3.05, 3.63) is 42.4 Å². The second-order valence-corrected chi connectivity index (χ2v) is 9.76. The van der Waals surface area contributed by atoms with Crippen LogP contribution in [0.2, 0.25) is 0 Å². The predicted octanol–water partition coefficient (Wildman–Crippen LogP) is 2.58. The van der Waals surface area contributed by atoms with E-state index in [1.54, 1.807) is 25.7 Å². The third-order valence-electron chi connectivity index (χ3n) is 7.76. The van der Waals surface area contributed by atoms with Gasteiger partial charge >= 0.3 is 0 Å². The van der Waals surface area contributed by atoms with Crippen LogP contribution in [0.25, 0.3) is 22.0 Å². The maximum atomic E-state index is 13.0. The Hall–Kier alpha value is -3.63. The van der Waals surface area contributed by atoms with Crippen LogP contribution in [0.3, 0.4) is 0 Å². The number of anilines is 2. The van der Waals surface area contributed by atoms with E-state index in [4.69, 9.17) is 20.4 Å². The molecule has 1 amide bonds. The Morgan fingerprint density at radius 1 is 1.25 bits per heavy atom. The molecule has 10 heteroatoms. The average molecular weight is 491 g/mol. The number of nitrogens with two attached hydrogens (primary N) is 1. The van der Waals surface area contributed by atoms with E-state index < -0.39 is 0 Å². The highest BCUT2D eigenvalue weighted by atomic mass is 16.5. The Kier molecular flexibility index (Phi) is 6.55. The molecule has 0 bridgehead atoms. The molecule has 0 spiro atoms. The van der Waals surface area contributed by atoms with Crippen molar-refractivity contribution in [2.45, 2.75) is 31.9 Å². The zero-order chi connectivity index (χ0) is 25.4. The molecule has 10 nitrogen and oxygen atoms in total. The number of aryl methyl sites for hydroxylation is 1. The molecule has 4 heterocycles. The summed E-state index contributed by atoms with van der Waals surface area (Å²) in [5.41, 5.74) is 8.99. The number of fused-ring (bicyclic) bond motifs is 2. The van der Waals surface area contributed by atoms with Crippen molar-refractivity contribution in [3.63, 3.8) is 0 Å². The summed E-state index contributed by atoms with van der Waals surface area (Å²) < 4.78 is 5.39. The first-order valence-electron chi connectivity index (χ1n) is 12.1. The van der Waals surface area contributed by atoms with E-state index in [-0.39, 0.29) is 18.3 Å². The Morgan fingerprint density at radius 2 is 1.97 bits per heavy atom. The van der Waals surface area contributed by atoms with Crippen LogP contribution >= 0.6 is 0 Å². The lowest BCUT2D eigenvalue weighted by molar-refractivity contribution is -0.123. The number of likely N-dealkylation sites (tertiary alicyclic amines) is 1. The Labute approximate surface area is 208 Å². The minimum absolute atomic E-state index is 0.0824. The fraction of sp³-hybridized carbons (Fsp3) is 0.423. The maximum absolute atomic E-state index is 13.0. The summed E-state index contributed by atoms with van der Waals surface area (Å²) in [5.74, 6) is 2.15. The van der Waals surface area contributed by atoms with E-state index in [2.05, 4.69) is 25.2 Å². The molecule has 3 fully saturated rings. The van der Waals surface area contributed by atoms with Crippen LogP contribution in [0.15, 0.2) is 36.8 Å². The first-order chi connectivity index (χ1) is 17.4. The highest BCUT2D eigenvalue weighted by Gasteiger charge is 2.60. The molecule has 2 saturated carbocycles. The molecule has 1 saturated heterocycles. The minimum Gasteiger partial charge on any atom is -0.483 e. The number of pyridine rings is 3. The molecule has 3 aliphatic rings. The fourth-order valence-electron chi connectivity index (χ4n) is 5.74. The summed E-state index contributed by atoms with van der Waals surface area (Å²) in [6.45, 7) is 3.82. The lowest BCUT2D eigenvalue weighted by atomic mass is 10.0. The third kappa shape index (κ3) is 4.49. The molecule has 36 heavy (non-hydrogen) atoms. The SMILES string of the molecule is COC1CN([C@@H]2C[C@@H]3[C@H](C2)[C@@H]3C(=O)Nc2cc3cc(-c4cnccc4C)nc(N)c3cn2)C1.O=CO. The molecule has 188 valence electrons. The zero-order valence-electron chi connectivity index (χ0n) is 20.3. The van der Waals surface area contributed by atoms with Gasteiger partial charge in [-0.25, -0.2) is 9.97 Å². The van der Waals surface area contributed by atoms with E-state index in [9.17, 15) is 4.79 Å². The van der Waals surface area contributed by atoms with E-state index in [0.717, 1.165) is 53.5 Å². The van der Waals surface area contributed by atoms with Gasteiger partial charge in [0.15, 0.2) is 0 Å². The number of nitrogens with zero attached hydrogens (tertiary/aromatic N) is 4. The molecule has 0 unspecified atom stereocenters. The summed E-state index contributed by atoms with van der Waals surface area (Å²) in [4.78, 5) is 37.0. The molecule has 1 aliphatic heterocycles. The molecule has 6 rings (SSSR count). The number of methoxy groups -OCH3 is 1. The molecular formula is C26H30N6O4. The van der Waals surface area contributed by atoms with Gasteiger partial charge in [0.2, 0.25) is 5.91 Å². The quantitative estimate of drug-likeness (QED) is 0.460. The van der Waals surface area contributed by atoms with Crippen LogP contribution in [-0.2, 0) is 14.3 Å². The number of hydrogen-bond donors (Lipinski definition) is 3. The second kappa shape index (κ2) is 9.79. The van der Waals surface area contributed by atoms with Gasteiger partial charge in [0, 0.05) is 61.7 Å². The largest absolute Gasteiger partial charge is 0.483 e. The predicted molar refractivity (Wildman–Crippen MR) is 135 cm³/mol. The van der Waals surface area contributed by atoms with Crippen LogP contribution in [-0.4, -0.2) is 69.7 Å². The number of nitrogen functional groups attached to an aromatic ring is 1. The fourth-order valence-corrected chi connectivity index (χ4v) is 5.74. The monoisotopic (exact) mass is 490 g/mol. The number of aromatic nitrogens is 3. The molecule has 4 N–H and O–H groups in total. The molecule has 0 aromatic carbocycles. The molecule has 3 aromatic heterocycles. The Bertz CT molecular complexity index is 1280. The van der Waals surface area contributed by atoms with Gasteiger partial charge in [-0.2, -0.15) is 0 Å². The third-order valence-corrected chi connectivity index (χ3v) is 7.76. The number of ether oxygens (including phenoxy) is 1. The molecule has 0 radical (unpaired) electrons. The van der Waals surface area contributed by atoms with Crippen molar-refractivity contribution in [3.8, 4) is 11.3 Å². The highest BCUT2D eigenvalue weighted by molar-refractivity contribution is 5.98. The molecule has 2 aliphatic carbocycles. The Balaban J connectivity index is 0.000000848. The average Bonchev–Trinajstić information content (AvgIpc) is 3.33. The van der Waals surface area contributed by atoms with Gasteiger partial charge in [-0.1, -0.05) is 0 Å². The summed E-state index contributed by atoms with van der Waals surface area (Å²) in [5, 5.41) is 11.6. The van der Waals surface area contributed by atoms with Crippen LogP contribution in [0.4, 0.5) is 11.6 Å². The van der Waals surface area contributed by atoms with Crippen LogP contribution in [0, 0.1) is 24.7 Å². The number of amides is 1. The second-order valence-electron chi connectivity index (χ2n) is 9.76. The standard InChI is InChI=1S/C25H28N6O2.CH2O2/c1-13-3-4-27-9-19(13)21-5-14-6-22(28-10-20(14)24(26)29-21)30-25(32)23-17-7-15(8-18(17)23)31-11-16(12-31)33-2;2-1-3/h3-6,9-10,15-18,23H,7-8,11-12H2,1-2H3,(H2,26,29)(H,28,30,32);1H,(H,2,3)/t15-,17-,18+,23-;. The van der Waals surface area contributed by atoms with Crippen molar-refractivity contribution in [1.82, 2.24) is 19.9 Å². The number of carbonyl (C=O) groups is 2. The number of hydrogen-bond acceptors (Lipinski definition) is 8. The minimum atomic E-state index is -0.250. The van der Waals surface area contributed by atoms with E-state index in [1.165, 1.54) is 0 Å². The summed E-state index contributed by atoms with van der Waals surface area (Å²) in [6, 6.07) is 6.42. The Morgan fingerprint density at radius 3 is 2.64 bits per heavy atom. The van der Waals surface area contributed by atoms with Crippen LogP contribution < -0.4 is 11.1 Å². The van der Waals surface area contributed by atoms with Crippen molar-refractivity contribution < 1.29 is 19.4 Å². The number of nitrogens with one attached hydrogen (secondary N) is 1. The first-order valence-corrected chi connectivity index (χ1v) is 12.1. The highest BCUT2D eigenvalue weighted by Crippen LogP contribution is 2.59. The van der Waals surface area contributed by atoms with Crippen molar-refractivity contribution in [2.24, 2.45) is 17.8 Å². The lowest BCUT2D eigenvalue weighted by Gasteiger charge is -2.43. The van der Waals surface area contributed by atoms with Crippen molar-refractivity contribution >= 4 is 34.8 Å². The summed E-state index contributed by atoms with van der Waals surface area (Å²) >= 11 is 0. The van der Waals surface area contributed by atoms with E-state index in [0.29, 0.717) is 35.6 Å². The normalized spacial score (nSPS) is 24.8. The zero-order valence-corrected chi connectivity index (χ0v) is 20.3.